The number of hydrogen-bond acceptors (Lipinski definition) is 3. The third-order valence-electron chi connectivity index (χ3n) is 6.47. The quantitative estimate of drug-likeness (QED) is 0.626. The van der Waals surface area contributed by atoms with Gasteiger partial charge in [-0.25, -0.2) is 4.39 Å². The molecule has 0 bridgehead atoms. The molecule has 6 heteroatoms. The van der Waals surface area contributed by atoms with Gasteiger partial charge in [-0.15, -0.1) is 0 Å². The van der Waals surface area contributed by atoms with Crippen LogP contribution in [0.3, 0.4) is 0 Å². The van der Waals surface area contributed by atoms with Gasteiger partial charge in [0.05, 0.1) is 11.1 Å². The normalized spacial score (nSPS) is 15.3. The monoisotopic (exact) mass is 443 g/mol. The number of carbonyl (C=O) groups is 2. The van der Waals surface area contributed by atoms with Gasteiger partial charge in [0.25, 0.3) is 11.8 Å². The maximum atomic E-state index is 14.1. The van der Waals surface area contributed by atoms with Gasteiger partial charge < -0.3 is 15.1 Å². The molecule has 3 aromatic rings. The largest absolute Gasteiger partial charge is 0.366 e. The van der Waals surface area contributed by atoms with Crippen LogP contribution in [0.4, 0.5) is 15.8 Å². The number of nitrogens with one attached hydrogen (secondary N) is 1. The number of amides is 2. The van der Waals surface area contributed by atoms with Crippen LogP contribution in [0.1, 0.15) is 44.7 Å². The minimum Gasteiger partial charge on any atom is -0.366 e. The lowest BCUT2D eigenvalue weighted by Gasteiger charge is -2.33. The number of nitrogens with zero attached hydrogens (tertiary/aromatic N) is 2. The van der Waals surface area contributed by atoms with E-state index >= 15 is 0 Å². The van der Waals surface area contributed by atoms with Gasteiger partial charge in [0, 0.05) is 37.6 Å². The molecule has 2 aliphatic rings. The van der Waals surface area contributed by atoms with E-state index in [-0.39, 0.29) is 11.5 Å². The van der Waals surface area contributed by atoms with E-state index in [0.717, 1.165) is 51.1 Å². The summed E-state index contributed by atoms with van der Waals surface area (Å²) in [5.41, 5.74) is 4.50. The topological polar surface area (TPSA) is 52.7 Å². The number of likely N-dealkylation sites (tertiary alicyclic amines) is 1. The van der Waals surface area contributed by atoms with Gasteiger partial charge in [-0.05, 0) is 60.7 Å². The fourth-order valence-electron chi connectivity index (χ4n) is 4.70. The Hall–Kier alpha value is -3.67. The second-order valence-corrected chi connectivity index (χ2v) is 8.61. The van der Waals surface area contributed by atoms with Crippen molar-refractivity contribution in [2.45, 2.75) is 25.8 Å². The van der Waals surface area contributed by atoms with Gasteiger partial charge in [-0.3, -0.25) is 9.59 Å². The first-order valence-corrected chi connectivity index (χ1v) is 11.4. The highest BCUT2D eigenvalue weighted by molar-refractivity contribution is 6.06. The molecule has 2 amide bonds. The van der Waals surface area contributed by atoms with Crippen molar-refractivity contribution >= 4 is 23.2 Å². The molecule has 1 saturated heterocycles. The molecule has 0 radical (unpaired) electrons. The zero-order valence-electron chi connectivity index (χ0n) is 18.4. The van der Waals surface area contributed by atoms with Crippen LogP contribution in [-0.2, 0) is 13.0 Å². The lowest BCUT2D eigenvalue weighted by molar-refractivity contribution is 0.0793. The molecule has 0 unspecified atom stereocenters. The maximum Gasteiger partial charge on any atom is 0.258 e. The molecular formula is C27H26FN3O2. The molecule has 1 N–H and O–H groups in total. The Kier molecular flexibility index (Phi) is 5.82. The highest BCUT2D eigenvalue weighted by atomic mass is 19.1. The first kappa shape index (κ1) is 21.2. The van der Waals surface area contributed by atoms with Gasteiger partial charge in [0.1, 0.15) is 5.82 Å². The van der Waals surface area contributed by atoms with Crippen molar-refractivity contribution in [1.82, 2.24) is 4.90 Å². The predicted molar refractivity (Wildman–Crippen MR) is 127 cm³/mol. The number of rotatable bonds is 4. The van der Waals surface area contributed by atoms with Crippen LogP contribution in [0.5, 0.6) is 0 Å². The van der Waals surface area contributed by atoms with E-state index < -0.39 is 11.7 Å². The van der Waals surface area contributed by atoms with E-state index in [1.165, 1.54) is 23.3 Å². The summed E-state index contributed by atoms with van der Waals surface area (Å²) in [4.78, 5) is 30.2. The van der Waals surface area contributed by atoms with Crippen molar-refractivity contribution in [3.8, 4) is 0 Å². The van der Waals surface area contributed by atoms with Crippen molar-refractivity contribution < 1.29 is 14.0 Å². The Morgan fingerprint density at radius 2 is 1.55 bits per heavy atom. The Bertz CT molecular complexity index is 1200. The standard InChI is InChI=1S/C27H26FN3O2/c28-24-10-4-3-9-22(24)26(32)29-21-11-12-25(23(17-21)27(33)30-14-5-6-15-30)31-16-13-19-7-1-2-8-20(19)18-31/h1-4,7-12,17H,5-6,13-16,18H2,(H,29,32). The Labute approximate surface area is 192 Å². The first-order valence-electron chi connectivity index (χ1n) is 11.4. The SMILES string of the molecule is O=C(Nc1ccc(N2CCc3ccccc3C2)c(C(=O)N2CCCC2)c1)c1ccccc1F. The van der Waals surface area contributed by atoms with Gasteiger partial charge in [-0.1, -0.05) is 36.4 Å². The van der Waals surface area contributed by atoms with Gasteiger partial charge in [0.2, 0.25) is 0 Å². The van der Waals surface area contributed by atoms with E-state index in [1.807, 2.05) is 17.0 Å². The second-order valence-electron chi connectivity index (χ2n) is 8.61. The van der Waals surface area contributed by atoms with Crippen LogP contribution in [-0.4, -0.2) is 36.3 Å². The minimum atomic E-state index is -0.577. The smallest absolute Gasteiger partial charge is 0.258 e. The van der Waals surface area contributed by atoms with Crippen molar-refractivity contribution in [2.24, 2.45) is 0 Å². The average Bonchev–Trinajstić information content (AvgIpc) is 3.38. The average molecular weight is 444 g/mol. The molecule has 0 atom stereocenters. The molecule has 2 heterocycles. The molecule has 0 aliphatic carbocycles. The summed E-state index contributed by atoms with van der Waals surface area (Å²) in [7, 11) is 0. The van der Waals surface area contributed by atoms with E-state index in [9.17, 15) is 14.0 Å². The van der Waals surface area contributed by atoms with Gasteiger partial charge in [0.15, 0.2) is 0 Å². The highest BCUT2D eigenvalue weighted by Gasteiger charge is 2.26. The summed E-state index contributed by atoms with van der Waals surface area (Å²) in [6, 6.07) is 19.7. The molecule has 1 fully saturated rings. The predicted octanol–water partition coefficient (Wildman–Crippen LogP) is 4.88. The number of fused-ring (bicyclic) bond motifs is 1. The third kappa shape index (κ3) is 4.33. The minimum absolute atomic E-state index is 0.0247. The van der Waals surface area contributed by atoms with Crippen LogP contribution >= 0.6 is 0 Å². The fourth-order valence-corrected chi connectivity index (χ4v) is 4.70. The zero-order valence-corrected chi connectivity index (χ0v) is 18.4. The first-order chi connectivity index (χ1) is 16.1. The third-order valence-corrected chi connectivity index (χ3v) is 6.47. The van der Waals surface area contributed by atoms with Crippen molar-refractivity contribution in [3.05, 3.63) is 94.8 Å². The summed E-state index contributed by atoms with van der Waals surface area (Å²) in [5, 5.41) is 2.76. The summed E-state index contributed by atoms with van der Waals surface area (Å²) in [6.07, 6.45) is 2.92. The maximum absolute atomic E-state index is 14.1. The second kappa shape index (κ2) is 9.06. The van der Waals surface area contributed by atoms with Gasteiger partial charge >= 0.3 is 0 Å². The molecule has 0 spiro atoms. The molecule has 0 aromatic heterocycles. The van der Waals surface area contributed by atoms with Crippen molar-refractivity contribution in [2.75, 3.05) is 29.9 Å². The summed E-state index contributed by atoms with van der Waals surface area (Å²) in [5.74, 6) is -1.14. The summed E-state index contributed by atoms with van der Waals surface area (Å²) in [6.45, 7) is 3.04. The van der Waals surface area contributed by atoms with Crippen molar-refractivity contribution in [1.29, 1.82) is 0 Å². The highest BCUT2D eigenvalue weighted by Crippen LogP contribution is 2.31. The number of halogens is 1. The molecule has 3 aromatic carbocycles. The zero-order chi connectivity index (χ0) is 22.8. The van der Waals surface area contributed by atoms with E-state index in [2.05, 4.69) is 28.4 Å². The van der Waals surface area contributed by atoms with Crippen LogP contribution in [0.25, 0.3) is 0 Å². The number of anilines is 2. The molecule has 33 heavy (non-hydrogen) atoms. The molecule has 5 rings (SSSR count). The lowest BCUT2D eigenvalue weighted by atomic mass is 9.98. The molecule has 5 nitrogen and oxygen atoms in total. The number of carbonyl (C=O) groups excluding carboxylic acids is 2. The molecule has 2 aliphatic heterocycles. The van der Waals surface area contributed by atoms with Crippen LogP contribution in [0.2, 0.25) is 0 Å². The van der Waals surface area contributed by atoms with Crippen LogP contribution in [0.15, 0.2) is 66.7 Å². The molecule has 168 valence electrons. The molecular weight excluding hydrogens is 417 g/mol. The van der Waals surface area contributed by atoms with Gasteiger partial charge in [-0.2, -0.15) is 0 Å². The summed E-state index contributed by atoms with van der Waals surface area (Å²) < 4.78 is 14.1. The number of benzene rings is 3. The van der Waals surface area contributed by atoms with Crippen molar-refractivity contribution in [3.63, 3.8) is 0 Å². The van der Waals surface area contributed by atoms with Crippen LogP contribution < -0.4 is 10.2 Å². The van der Waals surface area contributed by atoms with Crippen LogP contribution in [0, 0.1) is 5.82 Å². The number of hydrogen-bond donors (Lipinski definition) is 1. The Balaban J connectivity index is 1.47. The Morgan fingerprint density at radius 3 is 2.33 bits per heavy atom. The van der Waals surface area contributed by atoms with E-state index in [0.29, 0.717) is 11.3 Å². The van der Waals surface area contributed by atoms with E-state index in [1.54, 1.807) is 24.3 Å². The molecule has 0 saturated carbocycles. The van der Waals surface area contributed by atoms with E-state index in [4.69, 9.17) is 0 Å². The lowest BCUT2D eigenvalue weighted by Crippen LogP contribution is -2.34. The summed E-state index contributed by atoms with van der Waals surface area (Å²) >= 11 is 0. The Morgan fingerprint density at radius 1 is 0.818 bits per heavy atom. The fraction of sp³-hybridized carbons (Fsp3) is 0.259.